The first-order valence-corrected chi connectivity index (χ1v) is 8.07. The van der Waals surface area contributed by atoms with Gasteiger partial charge in [0, 0.05) is 22.1 Å². The molecule has 110 valence electrons. The first kappa shape index (κ1) is 14.8. The largest absolute Gasteiger partial charge is 0.326 e. The fourth-order valence-electron chi connectivity index (χ4n) is 2.48. The molecule has 0 aliphatic rings. The number of hydrogen-bond donors (Lipinski definition) is 0. The Labute approximate surface area is 139 Å². The summed E-state index contributed by atoms with van der Waals surface area (Å²) in [4.78, 5) is 4.67. The van der Waals surface area contributed by atoms with Gasteiger partial charge in [-0.15, -0.1) is 0 Å². The topological polar surface area (TPSA) is 17.8 Å². The van der Waals surface area contributed by atoms with E-state index in [2.05, 4.69) is 68.0 Å². The van der Waals surface area contributed by atoms with Gasteiger partial charge in [-0.3, -0.25) is 0 Å². The maximum Gasteiger partial charge on any atom is 0.0963 e. The molecule has 3 heteroatoms. The fourth-order valence-corrected chi connectivity index (χ4v) is 2.96. The highest BCUT2D eigenvalue weighted by molar-refractivity contribution is 9.10. The number of allylic oxidation sites excluding steroid dienone is 2. The highest BCUT2D eigenvalue weighted by Gasteiger charge is 2.16. The van der Waals surface area contributed by atoms with E-state index >= 15 is 0 Å². The molecule has 0 unspecified atom stereocenters. The van der Waals surface area contributed by atoms with Crippen LogP contribution in [0.15, 0.2) is 77.5 Å². The molecule has 0 atom stereocenters. The molecule has 2 nitrogen and oxygen atoms in total. The number of benzene rings is 2. The minimum absolute atomic E-state index is 0.813. The van der Waals surface area contributed by atoms with E-state index in [-0.39, 0.29) is 0 Å². The summed E-state index contributed by atoms with van der Waals surface area (Å²) in [7, 11) is 0. The van der Waals surface area contributed by atoms with Gasteiger partial charge in [-0.1, -0.05) is 76.6 Å². The molecule has 0 aliphatic carbocycles. The van der Waals surface area contributed by atoms with Crippen LogP contribution in [0.25, 0.3) is 22.5 Å². The lowest BCUT2D eigenvalue weighted by Crippen LogP contribution is -1.97. The maximum absolute atomic E-state index is 4.67. The summed E-state index contributed by atoms with van der Waals surface area (Å²) in [6, 6.07) is 18.6. The van der Waals surface area contributed by atoms with Crippen molar-refractivity contribution in [2.24, 2.45) is 0 Å². The predicted molar refractivity (Wildman–Crippen MR) is 95.6 cm³/mol. The third-order valence-corrected chi connectivity index (χ3v) is 4.24. The fraction of sp³-hybridized carbons (Fsp3) is 0.105. The van der Waals surface area contributed by atoms with Gasteiger partial charge in [-0.05, 0) is 13.0 Å². The van der Waals surface area contributed by atoms with Crippen molar-refractivity contribution in [3.8, 4) is 22.5 Å². The highest BCUT2D eigenvalue weighted by Crippen LogP contribution is 2.35. The van der Waals surface area contributed by atoms with Crippen molar-refractivity contribution in [3.63, 3.8) is 0 Å². The zero-order valence-electron chi connectivity index (χ0n) is 12.4. The van der Waals surface area contributed by atoms with Crippen LogP contribution >= 0.6 is 15.9 Å². The van der Waals surface area contributed by atoms with E-state index in [9.17, 15) is 0 Å². The third kappa shape index (κ3) is 2.90. The molecule has 0 spiro atoms. The van der Waals surface area contributed by atoms with Crippen molar-refractivity contribution >= 4 is 15.9 Å². The Morgan fingerprint density at radius 1 is 1.05 bits per heavy atom. The van der Waals surface area contributed by atoms with Gasteiger partial charge in [0.15, 0.2) is 0 Å². The van der Waals surface area contributed by atoms with Crippen LogP contribution in [-0.2, 0) is 6.54 Å². The third-order valence-electron chi connectivity index (χ3n) is 3.55. The molecular formula is C19H17BrN2. The highest BCUT2D eigenvalue weighted by atomic mass is 79.9. The average molecular weight is 353 g/mol. The van der Waals surface area contributed by atoms with Crippen molar-refractivity contribution in [1.82, 2.24) is 9.55 Å². The number of aromatic nitrogens is 2. The predicted octanol–water partition coefficient (Wildman–Crippen LogP) is 5.56. The molecule has 3 rings (SSSR count). The SMILES string of the molecule is C/C=C\Cn1cnc(-c2ccccc2)c1-c1ccccc1Br. The van der Waals surface area contributed by atoms with Crippen LogP contribution < -0.4 is 0 Å². The molecule has 1 heterocycles. The van der Waals surface area contributed by atoms with Gasteiger partial charge >= 0.3 is 0 Å². The molecule has 0 saturated carbocycles. The van der Waals surface area contributed by atoms with Crippen molar-refractivity contribution in [2.45, 2.75) is 13.5 Å². The van der Waals surface area contributed by atoms with Crippen molar-refractivity contribution < 1.29 is 0 Å². The number of imidazole rings is 1. The van der Waals surface area contributed by atoms with Gasteiger partial charge in [0.2, 0.25) is 0 Å². The average Bonchev–Trinajstić information content (AvgIpc) is 2.98. The lowest BCUT2D eigenvalue weighted by Gasteiger charge is -2.11. The zero-order chi connectivity index (χ0) is 15.4. The van der Waals surface area contributed by atoms with Crippen molar-refractivity contribution in [3.05, 3.63) is 77.5 Å². The number of hydrogen-bond acceptors (Lipinski definition) is 1. The van der Waals surface area contributed by atoms with E-state index in [1.54, 1.807) is 0 Å². The first-order valence-electron chi connectivity index (χ1n) is 7.28. The zero-order valence-corrected chi connectivity index (χ0v) is 14.0. The summed E-state index contributed by atoms with van der Waals surface area (Å²) in [5.41, 5.74) is 4.43. The van der Waals surface area contributed by atoms with E-state index in [1.807, 2.05) is 37.5 Å². The molecule has 0 fully saturated rings. The van der Waals surface area contributed by atoms with Crippen LogP contribution in [0.1, 0.15) is 6.92 Å². The summed E-state index contributed by atoms with van der Waals surface area (Å²) < 4.78 is 3.26. The summed E-state index contributed by atoms with van der Waals surface area (Å²) >= 11 is 3.67. The smallest absolute Gasteiger partial charge is 0.0963 e. The molecular weight excluding hydrogens is 336 g/mol. The molecule has 2 aromatic carbocycles. The lowest BCUT2D eigenvalue weighted by atomic mass is 10.0. The normalized spacial score (nSPS) is 11.2. The van der Waals surface area contributed by atoms with Crippen LogP contribution in [0.4, 0.5) is 0 Å². The number of rotatable bonds is 4. The Hall–Kier alpha value is -2.13. The summed E-state index contributed by atoms with van der Waals surface area (Å²) in [6.45, 7) is 2.85. The van der Waals surface area contributed by atoms with E-state index in [0.717, 1.165) is 33.5 Å². The monoisotopic (exact) mass is 352 g/mol. The van der Waals surface area contributed by atoms with Gasteiger partial charge in [0.05, 0.1) is 17.7 Å². The standard InChI is InChI=1S/C19H17BrN2/c1-2-3-13-22-14-21-18(15-9-5-4-6-10-15)19(22)16-11-7-8-12-17(16)20/h2-12,14H,13H2,1H3/b3-2-. The van der Waals surface area contributed by atoms with E-state index in [0.29, 0.717) is 0 Å². The second-order valence-electron chi connectivity index (χ2n) is 5.01. The van der Waals surface area contributed by atoms with Gasteiger partial charge in [-0.25, -0.2) is 4.98 Å². The summed E-state index contributed by atoms with van der Waals surface area (Å²) in [6.07, 6.45) is 6.11. The van der Waals surface area contributed by atoms with E-state index < -0.39 is 0 Å². The number of nitrogens with zero attached hydrogens (tertiary/aromatic N) is 2. The van der Waals surface area contributed by atoms with Gasteiger partial charge in [0.1, 0.15) is 0 Å². The van der Waals surface area contributed by atoms with Gasteiger partial charge in [-0.2, -0.15) is 0 Å². The van der Waals surface area contributed by atoms with Crippen molar-refractivity contribution in [1.29, 1.82) is 0 Å². The summed E-state index contributed by atoms with van der Waals surface area (Å²) in [5, 5.41) is 0. The minimum Gasteiger partial charge on any atom is -0.326 e. The van der Waals surface area contributed by atoms with E-state index in [1.165, 1.54) is 0 Å². The molecule has 0 radical (unpaired) electrons. The van der Waals surface area contributed by atoms with Crippen LogP contribution in [0.5, 0.6) is 0 Å². The molecule has 3 aromatic rings. The lowest BCUT2D eigenvalue weighted by molar-refractivity contribution is 0.827. The Morgan fingerprint density at radius 2 is 1.77 bits per heavy atom. The van der Waals surface area contributed by atoms with Crippen LogP contribution in [0.3, 0.4) is 0 Å². The second-order valence-corrected chi connectivity index (χ2v) is 5.86. The molecule has 0 aliphatic heterocycles. The van der Waals surface area contributed by atoms with Gasteiger partial charge in [0.25, 0.3) is 0 Å². The molecule has 0 bridgehead atoms. The molecule has 0 N–H and O–H groups in total. The van der Waals surface area contributed by atoms with E-state index in [4.69, 9.17) is 0 Å². The molecule has 0 saturated heterocycles. The molecule has 0 amide bonds. The molecule has 22 heavy (non-hydrogen) atoms. The van der Waals surface area contributed by atoms with Crippen LogP contribution in [0, 0.1) is 0 Å². The van der Waals surface area contributed by atoms with Gasteiger partial charge < -0.3 is 4.57 Å². The number of halogens is 1. The second kappa shape index (κ2) is 6.75. The maximum atomic E-state index is 4.67. The first-order chi connectivity index (χ1) is 10.8. The summed E-state index contributed by atoms with van der Waals surface area (Å²) in [5.74, 6) is 0. The molecule has 1 aromatic heterocycles. The Bertz CT molecular complexity index is 788. The van der Waals surface area contributed by atoms with Crippen molar-refractivity contribution in [2.75, 3.05) is 0 Å². The minimum atomic E-state index is 0.813. The van der Waals surface area contributed by atoms with Crippen LogP contribution in [-0.4, -0.2) is 9.55 Å². The Balaban J connectivity index is 2.20. The Morgan fingerprint density at radius 3 is 2.50 bits per heavy atom. The Kier molecular flexibility index (Phi) is 4.54. The van der Waals surface area contributed by atoms with Crippen LogP contribution in [0.2, 0.25) is 0 Å². The quantitative estimate of drug-likeness (QED) is 0.562.